The molecule has 1 atom stereocenters. The van der Waals surface area contributed by atoms with Gasteiger partial charge in [-0.15, -0.1) is 0 Å². The van der Waals surface area contributed by atoms with E-state index >= 15 is 0 Å². The number of halogens is 3. The van der Waals surface area contributed by atoms with Gasteiger partial charge in [-0.3, -0.25) is 9.52 Å². The lowest BCUT2D eigenvalue weighted by Crippen LogP contribution is -2.33. The Labute approximate surface area is 186 Å². The van der Waals surface area contributed by atoms with Crippen LogP contribution in [0.3, 0.4) is 0 Å². The first-order chi connectivity index (χ1) is 15.1. The number of sulfone groups is 1. The molecule has 1 unspecified atom stereocenters. The predicted octanol–water partition coefficient (Wildman–Crippen LogP) is 1.35. The highest BCUT2D eigenvalue weighted by Crippen LogP contribution is 2.32. The summed E-state index contributed by atoms with van der Waals surface area (Å²) in [5.41, 5.74) is -5.22. The van der Waals surface area contributed by atoms with Crippen molar-refractivity contribution < 1.29 is 39.6 Å². The lowest BCUT2D eigenvalue weighted by Gasteiger charge is -2.19. The number of amides is 3. The fourth-order valence-corrected chi connectivity index (χ4v) is 4.19. The monoisotopic (exact) mass is 507 g/mol. The summed E-state index contributed by atoms with van der Waals surface area (Å²) in [6.07, 6.45) is 1.26. The molecule has 0 bridgehead atoms. The van der Waals surface area contributed by atoms with Gasteiger partial charge >= 0.3 is 11.5 Å². The SMILES string of the molecule is CC1C(=O)N(c2ccc(S(=O)(=O)C(F)(F)F)cc2)C(=O)N1Cc1ccnc(NS(N)(=O)=O)c1. The summed E-state index contributed by atoms with van der Waals surface area (Å²) in [6.45, 7) is 1.29. The second-order valence-electron chi connectivity index (χ2n) is 6.90. The van der Waals surface area contributed by atoms with Crippen LogP contribution in [0, 0.1) is 0 Å². The highest BCUT2D eigenvalue weighted by Gasteiger charge is 2.47. The van der Waals surface area contributed by atoms with Crippen LogP contribution < -0.4 is 14.8 Å². The van der Waals surface area contributed by atoms with Gasteiger partial charge in [-0.05, 0) is 48.9 Å². The largest absolute Gasteiger partial charge is 0.501 e. The topological polar surface area (TPSA) is 160 Å². The Morgan fingerprint density at radius 2 is 1.70 bits per heavy atom. The first kappa shape index (κ1) is 24.4. The van der Waals surface area contributed by atoms with Gasteiger partial charge in [0.25, 0.3) is 26.0 Å². The standard InChI is InChI=1S/C17H16F3N5O6S2/c1-10-15(26)25(12-2-4-13(5-3-12)32(28,29)17(18,19)20)16(27)24(10)9-11-6-7-22-14(8-11)23-33(21,30)31/h2-8,10H,9H2,1H3,(H,22,23)(H2,21,30,31). The van der Waals surface area contributed by atoms with Crippen LogP contribution in [0.1, 0.15) is 12.5 Å². The van der Waals surface area contributed by atoms with Crippen LogP contribution >= 0.6 is 0 Å². The van der Waals surface area contributed by atoms with Crippen molar-refractivity contribution in [3.63, 3.8) is 0 Å². The van der Waals surface area contributed by atoms with E-state index in [0.29, 0.717) is 22.6 Å². The molecule has 2 heterocycles. The summed E-state index contributed by atoms with van der Waals surface area (Å²) in [4.78, 5) is 30.1. The summed E-state index contributed by atoms with van der Waals surface area (Å²) >= 11 is 0. The summed E-state index contributed by atoms with van der Waals surface area (Å²) in [7, 11) is -9.67. The molecule has 1 aromatic heterocycles. The van der Waals surface area contributed by atoms with Gasteiger partial charge in [-0.25, -0.2) is 28.2 Å². The van der Waals surface area contributed by atoms with Crippen LogP contribution in [0.5, 0.6) is 0 Å². The minimum atomic E-state index is -5.59. The lowest BCUT2D eigenvalue weighted by molar-refractivity contribution is -0.119. The van der Waals surface area contributed by atoms with E-state index in [2.05, 4.69) is 4.98 Å². The summed E-state index contributed by atoms with van der Waals surface area (Å²) in [5.74, 6) is -0.803. The number of pyridine rings is 1. The van der Waals surface area contributed by atoms with Gasteiger partial charge < -0.3 is 4.90 Å². The molecule has 1 aliphatic rings. The molecule has 0 saturated carbocycles. The zero-order chi connectivity index (χ0) is 24.8. The number of nitrogens with one attached hydrogen (secondary N) is 1. The Hall–Kier alpha value is -3.24. The molecule has 3 N–H and O–H groups in total. The number of anilines is 2. The molecule has 16 heteroatoms. The van der Waals surface area contributed by atoms with Crippen LogP contribution in [0.4, 0.5) is 29.5 Å². The smallest absolute Gasteiger partial charge is 0.308 e. The third kappa shape index (κ3) is 4.91. The van der Waals surface area contributed by atoms with Crippen LogP contribution in [-0.4, -0.2) is 50.2 Å². The molecular weight excluding hydrogens is 491 g/mol. The molecule has 0 radical (unpaired) electrons. The number of urea groups is 1. The van der Waals surface area contributed by atoms with Crippen molar-refractivity contribution in [1.82, 2.24) is 9.88 Å². The second kappa shape index (κ2) is 8.27. The van der Waals surface area contributed by atoms with E-state index in [-0.39, 0.29) is 18.1 Å². The number of nitrogens with two attached hydrogens (primary N) is 1. The number of benzene rings is 1. The molecule has 3 amide bonds. The number of carbonyl (C=O) groups excluding carboxylic acids is 2. The number of alkyl halides is 3. The van der Waals surface area contributed by atoms with E-state index in [1.165, 1.54) is 25.3 Å². The molecular formula is C17H16F3N5O6S2. The predicted molar refractivity (Wildman–Crippen MR) is 109 cm³/mol. The van der Waals surface area contributed by atoms with Gasteiger partial charge in [0.1, 0.15) is 11.9 Å². The highest BCUT2D eigenvalue weighted by molar-refractivity contribution is 7.92. The molecule has 0 aliphatic carbocycles. The van der Waals surface area contributed by atoms with Crippen LogP contribution in [0.15, 0.2) is 47.5 Å². The molecule has 1 fully saturated rings. The molecule has 1 saturated heterocycles. The Balaban J connectivity index is 1.85. The van der Waals surface area contributed by atoms with Gasteiger partial charge in [-0.1, -0.05) is 0 Å². The van der Waals surface area contributed by atoms with E-state index in [0.717, 1.165) is 17.0 Å². The lowest BCUT2D eigenvalue weighted by atomic mass is 10.2. The molecule has 0 spiro atoms. The molecule has 11 nitrogen and oxygen atoms in total. The zero-order valence-corrected chi connectivity index (χ0v) is 18.3. The van der Waals surface area contributed by atoms with Crippen molar-refractivity contribution in [2.45, 2.75) is 29.9 Å². The third-order valence-corrected chi connectivity index (χ3v) is 6.61. The number of imide groups is 1. The van der Waals surface area contributed by atoms with Gasteiger partial charge in [0.05, 0.1) is 10.6 Å². The number of aromatic nitrogens is 1. The summed E-state index contributed by atoms with van der Waals surface area (Å²) in [6, 6.07) is 4.14. The van der Waals surface area contributed by atoms with Crippen LogP contribution in [-0.2, 0) is 31.4 Å². The van der Waals surface area contributed by atoms with Crippen molar-refractivity contribution in [2.75, 3.05) is 9.62 Å². The third-order valence-electron chi connectivity index (χ3n) is 4.62. The zero-order valence-electron chi connectivity index (χ0n) is 16.6. The van der Waals surface area contributed by atoms with Gasteiger partial charge in [0, 0.05) is 12.7 Å². The fraction of sp³-hybridized carbons (Fsp3) is 0.235. The van der Waals surface area contributed by atoms with E-state index in [1.807, 2.05) is 4.72 Å². The summed E-state index contributed by atoms with van der Waals surface area (Å²) in [5, 5.41) is 4.89. The van der Waals surface area contributed by atoms with Crippen molar-refractivity contribution in [2.24, 2.45) is 5.14 Å². The molecule has 2 aromatic rings. The maximum atomic E-state index is 12.9. The number of hydrogen-bond donors (Lipinski definition) is 2. The normalized spacial score (nSPS) is 17.5. The Bertz CT molecular complexity index is 1310. The van der Waals surface area contributed by atoms with Crippen LogP contribution in [0.2, 0.25) is 0 Å². The Kier molecular flexibility index (Phi) is 6.12. The van der Waals surface area contributed by atoms with Crippen molar-refractivity contribution in [1.29, 1.82) is 0 Å². The van der Waals surface area contributed by atoms with Crippen molar-refractivity contribution in [3.8, 4) is 0 Å². The minimum absolute atomic E-state index is 0.112. The molecule has 178 valence electrons. The Morgan fingerprint density at radius 1 is 1.09 bits per heavy atom. The fourth-order valence-electron chi connectivity index (χ4n) is 3.03. The molecule has 1 aromatic carbocycles. The van der Waals surface area contributed by atoms with Gasteiger partial charge in [0.15, 0.2) is 0 Å². The molecule has 33 heavy (non-hydrogen) atoms. The average Bonchev–Trinajstić information content (AvgIpc) is 2.89. The maximum absolute atomic E-state index is 12.9. The highest BCUT2D eigenvalue weighted by atomic mass is 32.2. The van der Waals surface area contributed by atoms with E-state index in [4.69, 9.17) is 5.14 Å². The van der Waals surface area contributed by atoms with Gasteiger partial charge in [-0.2, -0.15) is 21.6 Å². The minimum Gasteiger partial charge on any atom is -0.308 e. The van der Waals surface area contributed by atoms with Gasteiger partial charge in [0.2, 0.25) is 0 Å². The maximum Gasteiger partial charge on any atom is 0.501 e. The van der Waals surface area contributed by atoms with E-state index in [9.17, 15) is 39.6 Å². The van der Waals surface area contributed by atoms with E-state index in [1.54, 1.807) is 0 Å². The van der Waals surface area contributed by atoms with E-state index < -0.39 is 48.4 Å². The average molecular weight is 507 g/mol. The summed E-state index contributed by atoms with van der Waals surface area (Å²) < 4.78 is 85.4. The molecule has 3 rings (SSSR count). The van der Waals surface area contributed by atoms with Crippen molar-refractivity contribution in [3.05, 3.63) is 48.2 Å². The molecule has 1 aliphatic heterocycles. The quantitative estimate of drug-likeness (QED) is 0.558. The van der Waals surface area contributed by atoms with Crippen LogP contribution in [0.25, 0.3) is 0 Å². The van der Waals surface area contributed by atoms with Crippen molar-refractivity contribution >= 4 is 43.5 Å². The number of nitrogens with zero attached hydrogens (tertiary/aromatic N) is 3. The number of hydrogen-bond acceptors (Lipinski definition) is 7. The Morgan fingerprint density at radius 3 is 2.24 bits per heavy atom. The second-order valence-corrected chi connectivity index (χ2v) is 10.1. The first-order valence-corrected chi connectivity index (χ1v) is 12.0. The first-order valence-electron chi connectivity index (χ1n) is 8.93. The number of rotatable bonds is 6. The number of carbonyl (C=O) groups is 2.